The fourth-order valence-electron chi connectivity index (χ4n) is 3.32. The number of carbonyl (C=O) groups excluding carboxylic acids is 1. The third kappa shape index (κ3) is 7.81. The van der Waals surface area contributed by atoms with E-state index in [-0.39, 0.29) is 18.2 Å². The van der Waals surface area contributed by atoms with Gasteiger partial charge in [-0.2, -0.15) is 0 Å². The summed E-state index contributed by atoms with van der Waals surface area (Å²) >= 11 is 5.94. The fraction of sp³-hybridized carbons (Fsp3) is 0.214. The molecule has 0 unspecified atom stereocenters. The quantitative estimate of drug-likeness (QED) is 0.241. The molecule has 10 heteroatoms. The summed E-state index contributed by atoms with van der Waals surface area (Å²) < 4.78 is 5.86. The van der Waals surface area contributed by atoms with Crippen molar-refractivity contribution >= 4 is 34.6 Å². The van der Waals surface area contributed by atoms with E-state index in [1.165, 1.54) is 14.2 Å². The smallest absolute Gasteiger partial charge is 0.273 e. The number of oxime groups is 3. The molecule has 3 aromatic rings. The molecule has 0 saturated carbocycles. The van der Waals surface area contributed by atoms with Gasteiger partial charge in [-0.25, -0.2) is 0 Å². The van der Waals surface area contributed by atoms with Gasteiger partial charge < -0.3 is 24.6 Å². The largest absolute Gasteiger partial charge is 0.457 e. The normalized spacial score (nSPS) is 12.1. The summed E-state index contributed by atoms with van der Waals surface area (Å²) in [5.41, 5.74) is 3.18. The molecule has 198 valence electrons. The predicted octanol–water partition coefficient (Wildman–Crippen LogP) is 5.56. The molecule has 0 aliphatic rings. The average Bonchev–Trinajstić information content (AvgIpc) is 2.94. The maximum absolute atomic E-state index is 12.3. The van der Waals surface area contributed by atoms with Crippen LogP contribution in [-0.4, -0.2) is 43.8 Å². The Kier molecular flexibility index (Phi) is 10.7. The summed E-state index contributed by atoms with van der Waals surface area (Å²) in [6.07, 6.45) is 0. The van der Waals surface area contributed by atoms with E-state index in [0.29, 0.717) is 45.7 Å². The van der Waals surface area contributed by atoms with Crippen LogP contribution in [0, 0.1) is 0 Å². The topological polar surface area (TPSA) is 103 Å². The summed E-state index contributed by atoms with van der Waals surface area (Å²) in [5, 5.41) is 15.5. The van der Waals surface area contributed by atoms with Gasteiger partial charge in [0.15, 0.2) is 5.71 Å². The fourth-order valence-corrected chi connectivity index (χ4v) is 3.44. The van der Waals surface area contributed by atoms with E-state index in [4.69, 9.17) is 30.9 Å². The first-order chi connectivity index (χ1) is 18.5. The van der Waals surface area contributed by atoms with Crippen LogP contribution in [0.2, 0.25) is 5.02 Å². The van der Waals surface area contributed by atoms with Gasteiger partial charge in [0.2, 0.25) is 0 Å². The van der Waals surface area contributed by atoms with E-state index in [0.717, 1.165) is 5.56 Å². The molecule has 0 fully saturated rings. The average molecular weight is 537 g/mol. The van der Waals surface area contributed by atoms with E-state index < -0.39 is 0 Å². The molecule has 0 aromatic heterocycles. The molecular weight excluding hydrogens is 508 g/mol. The summed E-state index contributed by atoms with van der Waals surface area (Å²) in [7, 11) is 2.90. The first-order valence-electron chi connectivity index (χ1n) is 11.8. The van der Waals surface area contributed by atoms with Gasteiger partial charge in [-0.15, -0.1) is 0 Å². The van der Waals surface area contributed by atoms with Crippen LogP contribution in [0.15, 0.2) is 88.3 Å². The molecule has 0 atom stereocenters. The van der Waals surface area contributed by atoms with Gasteiger partial charge in [0.1, 0.15) is 43.2 Å². The number of amides is 1. The number of hydrogen-bond donors (Lipinski definition) is 1. The Morgan fingerprint density at radius 1 is 0.868 bits per heavy atom. The Hall–Kier alpha value is -4.37. The Bertz CT molecular complexity index is 1310. The third-order valence-electron chi connectivity index (χ3n) is 5.12. The highest BCUT2D eigenvalue weighted by atomic mass is 35.5. The van der Waals surface area contributed by atoms with Crippen LogP contribution in [0.4, 0.5) is 0 Å². The van der Waals surface area contributed by atoms with Gasteiger partial charge in [0.25, 0.3) is 5.91 Å². The van der Waals surface area contributed by atoms with Crippen molar-refractivity contribution < 1.29 is 24.0 Å². The number of hydrogen-bond acceptors (Lipinski definition) is 8. The van der Waals surface area contributed by atoms with E-state index in [2.05, 4.69) is 20.8 Å². The molecule has 0 radical (unpaired) electrons. The Labute approximate surface area is 226 Å². The van der Waals surface area contributed by atoms with Crippen molar-refractivity contribution in [3.8, 4) is 11.5 Å². The van der Waals surface area contributed by atoms with Crippen LogP contribution in [0.1, 0.15) is 30.5 Å². The molecule has 0 spiro atoms. The number of ether oxygens (including phenoxy) is 1. The number of nitrogens with one attached hydrogen (secondary N) is 1. The molecule has 0 bridgehead atoms. The number of halogens is 1. The summed E-state index contributed by atoms with van der Waals surface area (Å²) in [4.78, 5) is 28.1. The predicted molar refractivity (Wildman–Crippen MR) is 148 cm³/mol. The first kappa shape index (κ1) is 28.2. The SMILES string of the molecule is CCO/N=C(/C(C)=N\OCc1ccccc1C(=NOC)C(=O)NC)c1ccc(Oc2ccc(Cl)cc2)cc1. The first-order valence-corrected chi connectivity index (χ1v) is 12.2. The number of nitrogens with zero attached hydrogens (tertiary/aromatic N) is 3. The van der Waals surface area contributed by atoms with Gasteiger partial charge in [0, 0.05) is 28.8 Å². The molecule has 38 heavy (non-hydrogen) atoms. The van der Waals surface area contributed by atoms with Crippen LogP contribution in [-0.2, 0) is 25.9 Å². The van der Waals surface area contributed by atoms with Crippen LogP contribution in [0.5, 0.6) is 11.5 Å². The minimum Gasteiger partial charge on any atom is -0.457 e. The molecule has 1 amide bonds. The van der Waals surface area contributed by atoms with Crippen molar-refractivity contribution in [1.82, 2.24) is 5.32 Å². The second-order valence-electron chi connectivity index (χ2n) is 7.75. The Balaban J connectivity index is 1.77. The third-order valence-corrected chi connectivity index (χ3v) is 5.38. The summed E-state index contributed by atoms with van der Waals surface area (Å²) in [6, 6.07) is 21.7. The standard InChI is InChI=1S/C28H29ClN4O5/c1-5-36-33-26(20-10-14-23(15-11-20)38-24-16-12-22(29)13-17-24)19(2)31-37-18-21-8-6-7-9-25(21)27(32-35-4)28(34)30-3/h6-17H,5,18H2,1-4H3,(H,30,34)/b31-19-,32-27?,33-26-. The maximum atomic E-state index is 12.3. The number of rotatable bonds is 12. The van der Waals surface area contributed by atoms with Gasteiger partial charge in [-0.1, -0.05) is 51.3 Å². The number of benzene rings is 3. The monoisotopic (exact) mass is 536 g/mol. The second kappa shape index (κ2) is 14.4. The maximum Gasteiger partial charge on any atom is 0.273 e. The van der Waals surface area contributed by atoms with Crippen LogP contribution in [0.3, 0.4) is 0 Å². The lowest BCUT2D eigenvalue weighted by Crippen LogP contribution is -2.29. The van der Waals surface area contributed by atoms with Crippen LogP contribution >= 0.6 is 11.6 Å². The molecule has 0 aliphatic carbocycles. The highest BCUT2D eigenvalue weighted by Gasteiger charge is 2.18. The molecule has 3 aromatic carbocycles. The van der Waals surface area contributed by atoms with Crippen molar-refractivity contribution in [3.63, 3.8) is 0 Å². The lowest BCUT2D eigenvalue weighted by molar-refractivity contribution is -0.114. The minimum absolute atomic E-state index is 0.0863. The lowest BCUT2D eigenvalue weighted by atomic mass is 10.0. The van der Waals surface area contributed by atoms with E-state index in [1.54, 1.807) is 43.3 Å². The molecule has 1 N–H and O–H groups in total. The van der Waals surface area contributed by atoms with Gasteiger partial charge in [0.05, 0.1) is 0 Å². The van der Waals surface area contributed by atoms with E-state index in [1.807, 2.05) is 43.3 Å². The molecule has 0 aliphatic heterocycles. The summed E-state index contributed by atoms with van der Waals surface area (Å²) in [6.45, 7) is 4.09. The Morgan fingerprint density at radius 3 is 2.16 bits per heavy atom. The van der Waals surface area contributed by atoms with E-state index >= 15 is 0 Å². The van der Waals surface area contributed by atoms with Gasteiger partial charge in [-0.3, -0.25) is 4.79 Å². The van der Waals surface area contributed by atoms with E-state index in [9.17, 15) is 4.79 Å². The lowest BCUT2D eigenvalue weighted by Gasteiger charge is -2.11. The highest BCUT2D eigenvalue weighted by molar-refractivity contribution is 6.47. The second-order valence-corrected chi connectivity index (χ2v) is 8.18. The molecule has 9 nitrogen and oxygen atoms in total. The number of likely N-dealkylation sites (N-methyl/N-ethyl adjacent to an activating group) is 1. The molecule has 3 rings (SSSR count). The summed E-state index contributed by atoms with van der Waals surface area (Å²) in [5.74, 6) is 0.944. The van der Waals surface area contributed by atoms with Crippen molar-refractivity contribution in [3.05, 3.63) is 94.5 Å². The van der Waals surface area contributed by atoms with Crippen molar-refractivity contribution in [2.24, 2.45) is 15.5 Å². The zero-order valence-corrected chi connectivity index (χ0v) is 22.4. The number of carbonyl (C=O) groups is 1. The molecule has 0 saturated heterocycles. The van der Waals surface area contributed by atoms with Gasteiger partial charge in [-0.05, 0) is 62.4 Å². The zero-order chi connectivity index (χ0) is 27.3. The molecular formula is C28H29ClN4O5. The van der Waals surface area contributed by atoms with Crippen molar-refractivity contribution in [1.29, 1.82) is 0 Å². The van der Waals surface area contributed by atoms with Crippen molar-refractivity contribution in [2.45, 2.75) is 20.5 Å². The van der Waals surface area contributed by atoms with Crippen LogP contribution in [0.25, 0.3) is 0 Å². The zero-order valence-electron chi connectivity index (χ0n) is 21.6. The molecule has 0 heterocycles. The van der Waals surface area contributed by atoms with Crippen molar-refractivity contribution in [2.75, 3.05) is 20.8 Å². The minimum atomic E-state index is -0.381. The van der Waals surface area contributed by atoms with Gasteiger partial charge >= 0.3 is 0 Å². The highest BCUT2D eigenvalue weighted by Crippen LogP contribution is 2.23. The van der Waals surface area contributed by atoms with Crippen LogP contribution < -0.4 is 10.1 Å². The Morgan fingerprint density at radius 2 is 1.53 bits per heavy atom.